The number of nitrogens with zero attached hydrogens (tertiary/aromatic N) is 3. The summed E-state index contributed by atoms with van der Waals surface area (Å²) in [6.07, 6.45) is 1.14. The normalized spacial score (nSPS) is 17.1. The van der Waals surface area contributed by atoms with Crippen molar-refractivity contribution in [2.24, 2.45) is 0 Å². The van der Waals surface area contributed by atoms with E-state index >= 15 is 0 Å². The predicted molar refractivity (Wildman–Crippen MR) is 159 cm³/mol. The molecule has 1 saturated heterocycles. The van der Waals surface area contributed by atoms with Crippen molar-refractivity contribution in [2.75, 3.05) is 37.6 Å². The van der Waals surface area contributed by atoms with Gasteiger partial charge in [-0.3, -0.25) is 14.6 Å². The second-order valence-corrected chi connectivity index (χ2v) is 11.3. The third-order valence-electron chi connectivity index (χ3n) is 7.64. The van der Waals surface area contributed by atoms with Crippen LogP contribution in [-0.4, -0.2) is 70.6 Å². The Kier molecular flexibility index (Phi) is 9.24. The fourth-order valence-electron chi connectivity index (χ4n) is 5.60. The van der Waals surface area contributed by atoms with Gasteiger partial charge in [0.15, 0.2) is 0 Å². The molecule has 10 heteroatoms. The third kappa shape index (κ3) is 6.66. The number of aliphatic carboxylic acids is 2. The third-order valence-corrected chi connectivity index (χ3v) is 8.78. The van der Waals surface area contributed by atoms with E-state index in [4.69, 9.17) is 0 Å². The number of carbonyl (C=O) groups is 3. The van der Waals surface area contributed by atoms with Crippen LogP contribution >= 0.6 is 11.8 Å². The predicted octanol–water partition coefficient (Wildman–Crippen LogP) is 5.00. The number of hydrogen-bond acceptors (Lipinski definition) is 6. The number of fused-ring (bicyclic) bond motifs is 2. The van der Waals surface area contributed by atoms with Gasteiger partial charge in [-0.1, -0.05) is 42.5 Å². The van der Waals surface area contributed by atoms with Gasteiger partial charge in [0, 0.05) is 48.9 Å². The number of benzene rings is 3. The van der Waals surface area contributed by atoms with E-state index in [1.54, 1.807) is 23.9 Å². The van der Waals surface area contributed by atoms with Gasteiger partial charge in [-0.05, 0) is 60.0 Å². The van der Waals surface area contributed by atoms with E-state index in [0.717, 1.165) is 53.5 Å². The first kappa shape index (κ1) is 29.3. The number of piperazine rings is 1. The summed E-state index contributed by atoms with van der Waals surface area (Å²) in [5.41, 5.74) is 2.89. The van der Waals surface area contributed by atoms with Crippen LogP contribution in [0.4, 0.5) is 10.1 Å². The van der Waals surface area contributed by atoms with E-state index in [1.807, 2.05) is 48.5 Å². The van der Waals surface area contributed by atoms with Gasteiger partial charge in [0.05, 0.1) is 12.1 Å². The zero-order valence-electron chi connectivity index (χ0n) is 23.0. The molecule has 1 atom stereocenters. The highest BCUT2D eigenvalue weighted by atomic mass is 32.2. The summed E-state index contributed by atoms with van der Waals surface area (Å²) in [4.78, 5) is 44.7. The number of rotatable bonds is 9. The van der Waals surface area contributed by atoms with Crippen LogP contribution in [0.2, 0.25) is 0 Å². The molecule has 218 valence electrons. The Morgan fingerprint density at radius 1 is 0.905 bits per heavy atom. The van der Waals surface area contributed by atoms with Crippen LogP contribution in [0.1, 0.15) is 35.6 Å². The Balaban J connectivity index is 1.36. The van der Waals surface area contributed by atoms with E-state index in [-0.39, 0.29) is 12.2 Å². The van der Waals surface area contributed by atoms with Crippen LogP contribution in [0, 0.1) is 5.82 Å². The lowest BCUT2D eigenvalue weighted by molar-refractivity contribution is -0.141. The highest BCUT2D eigenvalue weighted by Gasteiger charge is 2.36. The largest absolute Gasteiger partial charge is 0.478 e. The van der Waals surface area contributed by atoms with Crippen LogP contribution in [0.3, 0.4) is 0 Å². The second kappa shape index (κ2) is 13.2. The molecule has 0 spiro atoms. The molecule has 1 amide bonds. The molecule has 2 heterocycles. The van der Waals surface area contributed by atoms with Crippen molar-refractivity contribution in [1.82, 2.24) is 9.80 Å². The smallest absolute Gasteiger partial charge is 0.352 e. The van der Waals surface area contributed by atoms with Crippen molar-refractivity contribution in [3.05, 3.63) is 107 Å². The maximum atomic E-state index is 14.0. The molecule has 8 nitrogen and oxygen atoms in total. The molecule has 2 aliphatic heterocycles. The minimum Gasteiger partial charge on any atom is -0.478 e. The van der Waals surface area contributed by atoms with Gasteiger partial charge >= 0.3 is 11.9 Å². The highest BCUT2D eigenvalue weighted by Crippen LogP contribution is 2.43. The van der Waals surface area contributed by atoms with Gasteiger partial charge in [-0.2, -0.15) is 0 Å². The number of amides is 1. The molecule has 3 aromatic carbocycles. The lowest BCUT2D eigenvalue weighted by Gasteiger charge is -2.36. The fourth-order valence-corrected chi connectivity index (χ4v) is 6.69. The summed E-state index contributed by atoms with van der Waals surface area (Å²) in [7, 11) is 0. The van der Waals surface area contributed by atoms with Crippen LogP contribution < -0.4 is 4.90 Å². The van der Waals surface area contributed by atoms with Gasteiger partial charge in [-0.25, -0.2) is 14.0 Å². The van der Waals surface area contributed by atoms with Crippen molar-refractivity contribution in [1.29, 1.82) is 0 Å². The number of carboxylic acid groups (broad SMARTS) is 2. The van der Waals surface area contributed by atoms with E-state index in [1.165, 1.54) is 17.0 Å². The summed E-state index contributed by atoms with van der Waals surface area (Å²) < 4.78 is 13.3. The molecule has 0 bridgehead atoms. The van der Waals surface area contributed by atoms with Gasteiger partial charge in [-0.15, -0.1) is 11.8 Å². The minimum absolute atomic E-state index is 0.0520. The van der Waals surface area contributed by atoms with Crippen LogP contribution in [0.15, 0.2) is 89.5 Å². The molecule has 3 aromatic rings. The maximum absolute atomic E-state index is 14.0. The van der Waals surface area contributed by atoms with Crippen molar-refractivity contribution in [3.63, 3.8) is 0 Å². The number of anilines is 1. The number of carboxylic acids is 2. The molecular formula is C32H32FN3O5S. The van der Waals surface area contributed by atoms with Crippen molar-refractivity contribution >= 4 is 35.3 Å². The molecule has 1 fully saturated rings. The Morgan fingerprint density at radius 2 is 1.57 bits per heavy atom. The van der Waals surface area contributed by atoms with Crippen molar-refractivity contribution in [2.45, 2.75) is 29.5 Å². The molecule has 0 aliphatic carbocycles. The standard InChI is InChI=1S/C32H32FN3O5S/c33-23-11-13-24(14-12-23)35-18-16-34(17-19-35)15-5-10-29(37)36(27(32(40)41)20-30(38)39)31-25-7-2-1-6-22(25)21-42-28-9-4-3-8-26(28)31/h1-4,6-9,11-14,20,31H,5,10,15-19,21H2,(H,38,39)(H,40,41). The van der Waals surface area contributed by atoms with Gasteiger partial charge < -0.3 is 15.1 Å². The zero-order chi connectivity index (χ0) is 29.6. The Morgan fingerprint density at radius 3 is 2.26 bits per heavy atom. The first-order valence-corrected chi connectivity index (χ1v) is 14.8. The quantitative estimate of drug-likeness (QED) is 0.336. The summed E-state index contributed by atoms with van der Waals surface area (Å²) in [6.45, 7) is 3.72. The second-order valence-electron chi connectivity index (χ2n) is 10.3. The Labute approximate surface area is 248 Å². The number of hydrogen-bond donors (Lipinski definition) is 2. The lowest BCUT2D eigenvalue weighted by Crippen LogP contribution is -2.46. The average molecular weight is 590 g/mol. The first-order chi connectivity index (χ1) is 20.3. The molecule has 0 aromatic heterocycles. The maximum Gasteiger partial charge on any atom is 0.352 e. The first-order valence-electron chi connectivity index (χ1n) is 13.8. The van der Waals surface area contributed by atoms with E-state index < -0.39 is 29.6 Å². The van der Waals surface area contributed by atoms with E-state index in [9.17, 15) is 29.0 Å². The summed E-state index contributed by atoms with van der Waals surface area (Å²) in [6, 6.07) is 20.8. The molecule has 5 rings (SSSR count). The fraction of sp³-hybridized carbons (Fsp3) is 0.281. The molecule has 1 unspecified atom stereocenters. The lowest BCUT2D eigenvalue weighted by atomic mass is 9.92. The minimum atomic E-state index is -1.48. The molecule has 0 radical (unpaired) electrons. The van der Waals surface area contributed by atoms with Crippen molar-refractivity contribution in [3.8, 4) is 0 Å². The van der Waals surface area contributed by atoms with Gasteiger partial charge in [0.2, 0.25) is 5.91 Å². The molecule has 2 aliphatic rings. The highest BCUT2D eigenvalue weighted by molar-refractivity contribution is 7.98. The molecule has 2 N–H and O–H groups in total. The zero-order valence-corrected chi connectivity index (χ0v) is 23.8. The van der Waals surface area contributed by atoms with Gasteiger partial charge in [0.25, 0.3) is 0 Å². The summed E-state index contributed by atoms with van der Waals surface area (Å²) in [5, 5.41) is 19.7. The summed E-state index contributed by atoms with van der Waals surface area (Å²) >= 11 is 1.60. The van der Waals surface area contributed by atoms with Crippen LogP contribution in [-0.2, 0) is 20.1 Å². The average Bonchev–Trinajstić information content (AvgIpc) is 3.15. The number of carbonyl (C=O) groups excluding carboxylic acids is 1. The van der Waals surface area contributed by atoms with Crippen LogP contribution in [0.25, 0.3) is 0 Å². The Bertz CT molecular complexity index is 1440. The number of thioether (sulfide) groups is 1. The SMILES string of the molecule is O=C(O)C=C(C(=O)O)N(C(=O)CCCN1CCN(c2ccc(F)cc2)CC1)C1c2ccccc2CSc2ccccc21. The monoisotopic (exact) mass is 589 g/mol. The molecular weight excluding hydrogens is 557 g/mol. The van der Waals surface area contributed by atoms with E-state index in [2.05, 4.69) is 9.80 Å². The van der Waals surface area contributed by atoms with Gasteiger partial charge in [0.1, 0.15) is 11.5 Å². The molecule has 0 saturated carbocycles. The summed E-state index contributed by atoms with van der Waals surface area (Å²) in [5.74, 6) is -2.99. The number of halogens is 1. The molecule has 42 heavy (non-hydrogen) atoms. The van der Waals surface area contributed by atoms with Crippen LogP contribution in [0.5, 0.6) is 0 Å². The van der Waals surface area contributed by atoms with E-state index in [0.29, 0.717) is 24.8 Å². The Hall–Kier alpha value is -4.15. The van der Waals surface area contributed by atoms with Crippen molar-refractivity contribution < 1.29 is 29.0 Å². The topological polar surface area (TPSA) is 101 Å².